The predicted molar refractivity (Wildman–Crippen MR) is 90.4 cm³/mol. The van der Waals surface area contributed by atoms with Gasteiger partial charge in [0.05, 0.1) is 0 Å². The van der Waals surface area contributed by atoms with E-state index in [4.69, 9.17) is 4.74 Å². The molecule has 0 bridgehead atoms. The molecule has 0 spiro atoms. The molecule has 0 aromatic heterocycles. The Morgan fingerprint density at radius 2 is 1.95 bits per heavy atom. The zero-order valence-corrected chi connectivity index (χ0v) is 14.3. The van der Waals surface area contributed by atoms with Crippen LogP contribution in [0.15, 0.2) is 24.3 Å². The lowest BCUT2D eigenvalue weighted by atomic mass is 9.85. The molecule has 1 amide bonds. The summed E-state index contributed by atoms with van der Waals surface area (Å²) in [6, 6.07) is 9.19. The number of carbonyl (C=O) groups excluding carboxylic acids is 1. The van der Waals surface area contributed by atoms with E-state index < -0.39 is 5.60 Å². The third kappa shape index (κ3) is 4.15. The van der Waals surface area contributed by atoms with Gasteiger partial charge in [-0.2, -0.15) is 0 Å². The summed E-state index contributed by atoms with van der Waals surface area (Å²) in [5, 5.41) is 2.96. The molecule has 122 valence electrons. The highest BCUT2D eigenvalue weighted by Crippen LogP contribution is 2.31. The van der Waals surface area contributed by atoms with Gasteiger partial charge < -0.3 is 15.0 Å². The monoisotopic (exact) mass is 304 g/mol. The Labute approximate surface area is 133 Å². The van der Waals surface area contributed by atoms with Crippen molar-refractivity contribution in [1.29, 1.82) is 0 Å². The Balaban J connectivity index is 1.87. The molecule has 0 aliphatic heterocycles. The molecule has 1 aliphatic rings. The van der Waals surface area contributed by atoms with Gasteiger partial charge in [0.15, 0.2) is 0 Å². The number of nitrogens with zero attached hydrogens (tertiary/aromatic N) is 1. The number of nitrogens with one attached hydrogen (secondary N) is 1. The van der Waals surface area contributed by atoms with Crippen LogP contribution in [0.3, 0.4) is 0 Å². The molecule has 1 N–H and O–H groups in total. The van der Waals surface area contributed by atoms with Crippen LogP contribution in [0, 0.1) is 6.92 Å². The van der Waals surface area contributed by atoms with Gasteiger partial charge in [-0.15, -0.1) is 0 Å². The van der Waals surface area contributed by atoms with Crippen molar-refractivity contribution in [2.24, 2.45) is 0 Å². The van der Waals surface area contributed by atoms with Gasteiger partial charge in [0, 0.05) is 24.3 Å². The summed E-state index contributed by atoms with van der Waals surface area (Å²) in [6.45, 7) is 11.0. The summed E-state index contributed by atoms with van der Waals surface area (Å²) >= 11 is 0. The van der Waals surface area contributed by atoms with E-state index in [1.54, 1.807) is 0 Å². The topological polar surface area (TPSA) is 41.6 Å². The van der Waals surface area contributed by atoms with Gasteiger partial charge in [-0.05, 0) is 59.1 Å². The molecular weight excluding hydrogens is 276 g/mol. The van der Waals surface area contributed by atoms with Crippen LogP contribution in [0.4, 0.5) is 10.5 Å². The molecule has 1 aromatic carbocycles. The molecular formula is C18H28N2O2. The fraction of sp³-hybridized carbons (Fsp3) is 0.611. The number of carbonyl (C=O) groups is 1. The summed E-state index contributed by atoms with van der Waals surface area (Å²) in [4.78, 5) is 14.2. The SMILES string of the molecule is CCN(c1ccccc1C)C1CC(NC(=O)OC(C)(C)C)C1. The van der Waals surface area contributed by atoms with E-state index in [0.29, 0.717) is 6.04 Å². The van der Waals surface area contributed by atoms with Gasteiger partial charge in [-0.3, -0.25) is 0 Å². The van der Waals surface area contributed by atoms with Gasteiger partial charge in [0.2, 0.25) is 0 Å². The minimum absolute atomic E-state index is 0.220. The van der Waals surface area contributed by atoms with Crippen LogP contribution >= 0.6 is 0 Å². The second-order valence-corrected chi connectivity index (χ2v) is 7.04. The molecule has 0 unspecified atom stereocenters. The van der Waals surface area contributed by atoms with Crippen molar-refractivity contribution in [3.8, 4) is 0 Å². The fourth-order valence-corrected chi connectivity index (χ4v) is 2.95. The summed E-state index contributed by atoms with van der Waals surface area (Å²) in [6.07, 6.45) is 1.64. The molecule has 1 aliphatic carbocycles. The van der Waals surface area contributed by atoms with Crippen molar-refractivity contribution in [2.45, 2.75) is 65.1 Å². The molecule has 4 nitrogen and oxygen atoms in total. The number of aryl methyl sites for hydroxylation is 1. The van der Waals surface area contributed by atoms with E-state index in [0.717, 1.165) is 19.4 Å². The Hall–Kier alpha value is -1.71. The van der Waals surface area contributed by atoms with Crippen molar-refractivity contribution in [3.05, 3.63) is 29.8 Å². The Kier molecular flexibility index (Phi) is 4.99. The van der Waals surface area contributed by atoms with Crippen molar-refractivity contribution >= 4 is 11.8 Å². The van der Waals surface area contributed by atoms with E-state index in [-0.39, 0.29) is 12.1 Å². The van der Waals surface area contributed by atoms with E-state index in [1.165, 1.54) is 11.3 Å². The Morgan fingerprint density at radius 3 is 2.50 bits per heavy atom. The third-order valence-electron chi connectivity index (χ3n) is 4.04. The number of alkyl carbamates (subject to hydrolysis) is 1. The predicted octanol–water partition coefficient (Wildman–Crippen LogP) is 3.88. The van der Waals surface area contributed by atoms with E-state index in [1.807, 2.05) is 20.8 Å². The second-order valence-electron chi connectivity index (χ2n) is 7.04. The molecule has 0 saturated heterocycles. The maximum atomic E-state index is 11.8. The molecule has 4 heteroatoms. The van der Waals surface area contributed by atoms with Crippen LogP contribution in [-0.2, 0) is 4.74 Å². The highest BCUT2D eigenvalue weighted by molar-refractivity contribution is 5.68. The first kappa shape index (κ1) is 16.7. The molecule has 0 radical (unpaired) electrons. The van der Waals surface area contributed by atoms with Crippen LogP contribution in [0.1, 0.15) is 46.1 Å². The molecule has 0 heterocycles. The first-order valence-corrected chi connectivity index (χ1v) is 8.12. The highest BCUT2D eigenvalue weighted by atomic mass is 16.6. The lowest BCUT2D eigenvalue weighted by Crippen LogP contribution is -2.54. The van der Waals surface area contributed by atoms with E-state index in [9.17, 15) is 4.79 Å². The van der Waals surface area contributed by atoms with Crippen molar-refractivity contribution in [2.75, 3.05) is 11.4 Å². The average Bonchev–Trinajstić information content (AvgIpc) is 2.36. The maximum Gasteiger partial charge on any atom is 0.407 e. The zero-order chi connectivity index (χ0) is 16.3. The molecule has 1 saturated carbocycles. The minimum Gasteiger partial charge on any atom is -0.444 e. The van der Waals surface area contributed by atoms with Gasteiger partial charge in [0.25, 0.3) is 0 Å². The second kappa shape index (κ2) is 6.59. The first-order valence-electron chi connectivity index (χ1n) is 8.12. The number of rotatable bonds is 4. The largest absolute Gasteiger partial charge is 0.444 e. The number of benzene rings is 1. The number of hydrogen-bond acceptors (Lipinski definition) is 3. The number of anilines is 1. The van der Waals surface area contributed by atoms with Crippen molar-refractivity contribution in [1.82, 2.24) is 5.32 Å². The number of para-hydroxylation sites is 1. The van der Waals surface area contributed by atoms with E-state index >= 15 is 0 Å². The lowest BCUT2D eigenvalue weighted by molar-refractivity contribution is 0.0471. The summed E-state index contributed by atoms with van der Waals surface area (Å²) in [7, 11) is 0. The lowest BCUT2D eigenvalue weighted by Gasteiger charge is -2.44. The normalized spacial score (nSPS) is 21.0. The molecule has 22 heavy (non-hydrogen) atoms. The molecule has 1 aromatic rings. The van der Waals surface area contributed by atoms with Gasteiger partial charge >= 0.3 is 6.09 Å². The highest BCUT2D eigenvalue weighted by Gasteiger charge is 2.35. The van der Waals surface area contributed by atoms with Crippen molar-refractivity contribution in [3.63, 3.8) is 0 Å². The van der Waals surface area contributed by atoms with Crippen LogP contribution in [0.25, 0.3) is 0 Å². The quantitative estimate of drug-likeness (QED) is 0.918. The summed E-state index contributed by atoms with van der Waals surface area (Å²) in [5.74, 6) is 0. The van der Waals surface area contributed by atoms with Crippen LogP contribution in [0.5, 0.6) is 0 Å². The fourth-order valence-electron chi connectivity index (χ4n) is 2.95. The average molecular weight is 304 g/mol. The van der Waals surface area contributed by atoms with Gasteiger partial charge in [-0.1, -0.05) is 18.2 Å². The van der Waals surface area contributed by atoms with Crippen LogP contribution in [-0.4, -0.2) is 30.3 Å². The Morgan fingerprint density at radius 1 is 1.32 bits per heavy atom. The number of ether oxygens (including phenoxy) is 1. The van der Waals surface area contributed by atoms with Crippen molar-refractivity contribution < 1.29 is 9.53 Å². The van der Waals surface area contributed by atoms with Gasteiger partial charge in [-0.25, -0.2) is 4.79 Å². The third-order valence-corrected chi connectivity index (χ3v) is 4.04. The maximum absolute atomic E-state index is 11.8. The smallest absolute Gasteiger partial charge is 0.407 e. The summed E-state index contributed by atoms with van der Waals surface area (Å²) in [5.41, 5.74) is 2.16. The Bertz CT molecular complexity index is 516. The van der Waals surface area contributed by atoms with E-state index in [2.05, 4.69) is 48.3 Å². The zero-order valence-electron chi connectivity index (χ0n) is 14.3. The molecule has 1 fully saturated rings. The first-order chi connectivity index (χ1) is 10.3. The number of hydrogen-bond donors (Lipinski definition) is 1. The molecule has 0 atom stereocenters. The van der Waals surface area contributed by atoms with Crippen LogP contribution in [0.2, 0.25) is 0 Å². The standard InChI is InChI=1S/C18H28N2O2/c1-6-20(16-10-8-7-9-13(16)2)15-11-14(12-15)19-17(21)22-18(3,4)5/h7-10,14-15H,6,11-12H2,1-5H3,(H,19,21). The van der Waals surface area contributed by atoms with Gasteiger partial charge in [0.1, 0.15) is 5.60 Å². The van der Waals surface area contributed by atoms with Crippen LogP contribution < -0.4 is 10.2 Å². The summed E-state index contributed by atoms with van der Waals surface area (Å²) < 4.78 is 5.31. The molecule has 2 rings (SSSR count). The minimum atomic E-state index is -0.441. The number of amides is 1.